The predicted octanol–water partition coefficient (Wildman–Crippen LogP) is 0.333. The van der Waals surface area contributed by atoms with Crippen LogP contribution in [-0.4, -0.2) is 48.4 Å². The molecule has 1 atom stereocenters. The van der Waals surface area contributed by atoms with E-state index in [1.165, 1.54) is 4.90 Å². The monoisotopic (exact) mass is 380 g/mol. The van der Waals surface area contributed by atoms with Gasteiger partial charge in [0, 0.05) is 23.0 Å². The van der Waals surface area contributed by atoms with E-state index in [0.29, 0.717) is 35.5 Å². The van der Waals surface area contributed by atoms with E-state index in [-0.39, 0.29) is 30.2 Å². The number of carbonyl (C=O) groups excluding carboxylic acids is 3. The van der Waals surface area contributed by atoms with Gasteiger partial charge in [-0.05, 0) is 38.4 Å². The Balaban J connectivity index is 1.57. The lowest BCUT2D eigenvalue weighted by Gasteiger charge is -2.32. The van der Waals surface area contributed by atoms with Crippen LogP contribution in [0.2, 0.25) is 0 Å². The molecule has 1 spiro atoms. The molecule has 1 aromatic carbocycles. The van der Waals surface area contributed by atoms with Gasteiger partial charge in [-0.25, -0.2) is 0 Å². The molecule has 4 aliphatic rings. The van der Waals surface area contributed by atoms with Crippen LogP contribution in [-0.2, 0) is 21.5 Å². The molecule has 0 saturated carbocycles. The first kappa shape index (κ1) is 17.2. The van der Waals surface area contributed by atoms with Gasteiger partial charge >= 0.3 is 0 Å². The molecule has 0 aromatic heterocycles. The Labute approximate surface area is 161 Å². The zero-order chi connectivity index (χ0) is 19.5. The predicted molar refractivity (Wildman–Crippen MR) is 96.5 cm³/mol. The smallest absolute Gasteiger partial charge is 0.256 e. The third-order valence-corrected chi connectivity index (χ3v) is 6.51. The van der Waals surface area contributed by atoms with Crippen LogP contribution in [0.25, 0.3) is 0 Å². The molecule has 1 aromatic rings. The van der Waals surface area contributed by atoms with Crippen LogP contribution >= 0.6 is 0 Å². The van der Waals surface area contributed by atoms with Crippen molar-refractivity contribution in [1.82, 2.24) is 15.5 Å². The maximum Gasteiger partial charge on any atom is 0.256 e. The summed E-state index contributed by atoms with van der Waals surface area (Å²) in [5, 5.41) is 15.4. The summed E-state index contributed by atoms with van der Waals surface area (Å²) < 4.78 is 6.09. The van der Waals surface area contributed by atoms with Crippen molar-refractivity contribution in [3.8, 4) is 11.8 Å². The number of fused-ring (bicyclic) bond motifs is 4. The number of amides is 3. The van der Waals surface area contributed by atoms with Crippen LogP contribution in [0.5, 0.6) is 5.75 Å². The SMILES string of the molecule is N#Cc1cc2c(c3c1C(=O)N([C@H]1CCC(=O)NC1=O)C3)OCC21CCNCC1. The van der Waals surface area contributed by atoms with Gasteiger partial charge in [-0.3, -0.25) is 19.7 Å². The van der Waals surface area contributed by atoms with Crippen molar-refractivity contribution in [2.75, 3.05) is 19.7 Å². The molecule has 0 radical (unpaired) electrons. The van der Waals surface area contributed by atoms with Gasteiger partial charge in [-0.2, -0.15) is 5.26 Å². The lowest BCUT2D eigenvalue weighted by molar-refractivity contribution is -0.136. The molecule has 144 valence electrons. The first-order valence-electron chi connectivity index (χ1n) is 9.63. The van der Waals surface area contributed by atoms with E-state index in [0.717, 1.165) is 31.5 Å². The number of nitriles is 1. The first-order valence-corrected chi connectivity index (χ1v) is 9.63. The molecule has 5 rings (SSSR count). The van der Waals surface area contributed by atoms with Crippen LogP contribution in [0.15, 0.2) is 6.07 Å². The van der Waals surface area contributed by atoms with E-state index in [1.807, 2.05) is 6.07 Å². The summed E-state index contributed by atoms with van der Waals surface area (Å²) in [5.74, 6) is -0.402. The minimum absolute atomic E-state index is 0.119. The van der Waals surface area contributed by atoms with Gasteiger partial charge in [0.2, 0.25) is 11.8 Å². The van der Waals surface area contributed by atoms with E-state index in [1.54, 1.807) is 0 Å². The van der Waals surface area contributed by atoms with Crippen LogP contribution < -0.4 is 15.4 Å². The Morgan fingerprint density at radius 1 is 1.25 bits per heavy atom. The summed E-state index contributed by atoms with van der Waals surface area (Å²) in [6.07, 6.45) is 2.35. The highest BCUT2D eigenvalue weighted by atomic mass is 16.5. The maximum atomic E-state index is 13.1. The van der Waals surface area contributed by atoms with Crippen LogP contribution in [0.4, 0.5) is 0 Å². The molecule has 2 saturated heterocycles. The minimum atomic E-state index is -0.700. The zero-order valence-electron chi connectivity index (χ0n) is 15.3. The Morgan fingerprint density at radius 3 is 2.75 bits per heavy atom. The topological polar surface area (TPSA) is 112 Å². The van der Waals surface area contributed by atoms with Gasteiger partial charge in [0.15, 0.2) is 0 Å². The Kier molecular flexibility index (Phi) is 3.71. The molecule has 0 aliphatic carbocycles. The number of piperidine rings is 2. The number of nitrogens with zero attached hydrogens (tertiary/aromatic N) is 2. The lowest BCUT2D eigenvalue weighted by atomic mass is 9.74. The molecule has 28 heavy (non-hydrogen) atoms. The van der Waals surface area contributed by atoms with Gasteiger partial charge in [-0.15, -0.1) is 0 Å². The van der Waals surface area contributed by atoms with E-state index >= 15 is 0 Å². The fourth-order valence-corrected chi connectivity index (χ4v) is 4.99. The molecule has 4 heterocycles. The fraction of sp³-hybridized carbons (Fsp3) is 0.500. The van der Waals surface area contributed by atoms with Crippen molar-refractivity contribution in [3.05, 3.63) is 28.3 Å². The molecular weight excluding hydrogens is 360 g/mol. The van der Waals surface area contributed by atoms with Crippen molar-refractivity contribution in [2.45, 2.75) is 43.7 Å². The van der Waals surface area contributed by atoms with Crippen molar-refractivity contribution < 1.29 is 19.1 Å². The van der Waals surface area contributed by atoms with Gasteiger partial charge < -0.3 is 15.0 Å². The summed E-state index contributed by atoms with van der Waals surface area (Å²) in [6.45, 7) is 2.57. The number of benzene rings is 1. The zero-order valence-corrected chi connectivity index (χ0v) is 15.3. The molecule has 2 N–H and O–H groups in total. The molecule has 8 heteroatoms. The first-order chi connectivity index (χ1) is 13.5. The lowest BCUT2D eigenvalue weighted by Crippen LogP contribution is -2.52. The minimum Gasteiger partial charge on any atom is -0.492 e. The highest BCUT2D eigenvalue weighted by Crippen LogP contribution is 2.49. The molecule has 8 nitrogen and oxygen atoms in total. The molecular formula is C20H20N4O4. The second kappa shape index (κ2) is 6.04. The van der Waals surface area contributed by atoms with Crippen LogP contribution in [0, 0.1) is 11.3 Å². The van der Waals surface area contributed by atoms with E-state index < -0.39 is 11.9 Å². The van der Waals surface area contributed by atoms with Gasteiger partial charge in [0.05, 0.1) is 30.3 Å². The number of nitrogens with one attached hydrogen (secondary N) is 2. The van der Waals surface area contributed by atoms with Gasteiger partial charge in [0.25, 0.3) is 5.91 Å². The summed E-state index contributed by atoms with van der Waals surface area (Å²) in [7, 11) is 0. The summed E-state index contributed by atoms with van der Waals surface area (Å²) in [6, 6.07) is 3.30. The van der Waals surface area contributed by atoms with E-state index in [9.17, 15) is 19.6 Å². The highest BCUT2D eigenvalue weighted by Gasteiger charge is 2.48. The summed E-state index contributed by atoms with van der Waals surface area (Å²) in [4.78, 5) is 38.3. The highest BCUT2D eigenvalue weighted by molar-refractivity contribution is 6.07. The average Bonchev–Trinajstić information content (AvgIpc) is 3.21. The molecule has 2 fully saturated rings. The molecule has 0 unspecified atom stereocenters. The number of carbonyl (C=O) groups is 3. The second-order valence-corrected chi connectivity index (χ2v) is 7.99. The Morgan fingerprint density at radius 2 is 2.04 bits per heavy atom. The average molecular weight is 380 g/mol. The molecule has 0 bridgehead atoms. The van der Waals surface area contributed by atoms with E-state index in [2.05, 4.69) is 16.7 Å². The molecule has 4 aliphatic heterocycles. The van der Waals surface area contributed by atoms with Crippen LogP contribution in [0.1, 0.15) is 52.7 Å². The third-order valence-electron chi connectivity index (χ3n) is 6.51. The summed E-state index contributed by atoms with van der Waals surface area (Å²) >= 11 is 0. The standard InChI is InChI=1S/C20H20N4O4/c21-8-11-7-13-17(28-10-20(13)3-5-22-6-4-20)12-9-24(19(27)16(11)12)14-1-2-15(25)23-18(14)26/h7,14,22H,1-6,9-10H2,(H,23,25,26)/t14-/m0/s1. The van der Waals surface area contributed by atoms with Crippen molar-refractivity contribution in [1.29, 1.82) is 5.26 Å². The Hall–Kier alpha value is -2.92. The fourth-order valence-electron chi connectivity index (χ4n) is 4.99. The van der Waals surface area contributed by atoms with Crippen LogP contribution in [0.3, 0.4) is 0 Å². The van der Waals surface area contributed by atoms with Gasteiger partial charge in [-0.1, -0.05) is 0 Å². The van der Waals surface area contributed by atoms with E-state index in [4.69, 9.17) is 4.74 Å². The number of rotatable bonds is 1. The number of imide groups is 1. The van der Waals surface area contributed by atoms with Gasteiger partial charge in [0.1, 0.15) is 11.8 Å². The van der Waals surface area contributed by atoms with Crippen molar-refractivity contribution in [2.24, 2.45) is 0 Å². The summed E-state index contributed by atoms with van der Waals surface area (Å²) in [5.41, 5.74) is 2.29. The largest absolute Gasteiger partial charge is 0.492 e. The number of hydrogen-bond donors (Lipinski definition) is 2. The second-order valence-electron chi connectivity index (χ2n) is 7.99. The number of hydrogen-bond acceptors (Lipinski definition) is 6. The normalized spacial score (nSPS) is 25.2. The van der Waals surface area contributed by atoms with Crippen molar-refractivity contribution >= 4 is 17.7 Å². The molecule has 3 amide bonds. The maximum absolute atomic E-state index is 13.1. The Bertz CT molecular complexity index is 958. The number of ether oxygens (including phenoxy) is 1. The quantitative estimate of drug-likeness (QED) is 0.680. The third kappa shape index (κ3) is 2.29. The van der Waals surface area contributed by atoms with Crippen molar-refractivity contribution in [3.63, 3.8) is 0 Å².